The smallest absolute Gasteiger partial charge is 0.391 e. The number of aryl methyl sites for hydroxylation is 2. The summed E-state index contributed by atoms with van der Waals surface area (Å²) >= 11 is 0. The van der Waals surface area contributed by atoms with E-state index in [0.717, 1.165) is 38.9 Å². The molecule has 1 saturated carbocycles. The van der Waals surface area contributed by atoms with E-state index in [4.69, 9.17) is 0 Å². The second-order valence-corrected chi connectivity index (χ2v) is 10.8. The van der Waals surface area contributed by atoms with Gasteiger partial charge in [0, 0.05) is 31.5 Å². The largest absolute Gasteiger partial charge is 0.481 e. The number of carboxylic acids is 1. The van der Waals surface area contributed by atoms with Crippen LogP contribution in [-0.2, 0) is 29.1 Å². The minimum Gasteiger partial charge on any atom is -0.481 e. The Morgan fingerprint density at radius 3 is 2.51 bits per heavy atom. The van der Waals surface area contributed by atoms with Gasteiger partial charge in [-0.2, -0.15) is 13.2 Å². The summed E-state index contributed by atoms with van der Waals surface area (Å²) in [5.74, 6) is -3.09. The van der Waals surface area contributed by atoms with E-state index in [1.54, 1.807) is 9.58 Å². The number of aromatic nitrogens is 3. The zero-order chi connectivity index (χ0) is 27.9. The minimum atomic E-state index is -4.20. The maximum atomic E-state index is 13.3. The van der Waals surface area contributed by atoms with Gasteiger partial charge in [0.2, 0.25) is 5.91 Å². The SMILES string of the molecule is CCn1nnc2c(C)c(C(CC(=O)O)c3ccc4c(c3)CN(C(=O)C3CCC(C(F)(F)F)CC3)CC4)ccc21. The first-order valence-electron chi connectivity index (χ1n) is 13.6. The Morgan fingerprint density at radius 1 is 1.10 bits per heavy atom. The van der Waals surface area contributed by atoms with E-state index in [-0.39, 0.29) is 43.9 Å². The van der Waals surface area contributed by atoms with E-state index >= 15 is 0 Å². The molecule has 1 fully saturated rings. The van der Waals surface area contributed by atoms with E-state index in [0.29, 0.717) is 26.1 Å². The summed E-state index contributed by atoms with van der Waals surface area (Å²) in [6, 6.07) is 9.86. The molecule has 1 amide bonds. The van der Waals surface area contributed by atoms with Crippen LogP contribution in [0.25, 0.3) is 11.0 Å². The second kappa shape index (κ2) is 10.6. The van der Waals surface area contributed by atoms with Crippen LogP contribution in [0.2, 0.25) is 0 Å². The van der Waals surface area contributed by atoms with E-state index in [9.17, 15) is 27.9 Å². The molecule has 1 aliphatic carbocycles. The molecule has 2 aliphatic rings. The van der Waals surface area contributed by atoms with Crippen molar-refractivity contribution in [1.82, 2.24) is 19.9 Å². The molecule has 10 heteroatoms. The number of aliphatic carboxylic acids is 1. The number of fused-ring (bicyclic) bond motifs is 2. The number of nitrogens with zero attached hydrogens (tertiary/aromatic N) is 4. The number of hydrogen-bond donors (Lipinski definition) is 1. The number of carboxylic acid groups (broad SMARTS) is 1. The van der Waals surface area contributed by atoms with Gasteiger partial charge in [0.25, 0.3) is 0 Å². The Labute approximate surface area is 225 Å². The molecule has 0 bridgehead atoms. The highest BCUT2D eigenvalue weighted by atomic mass is 19.4. The van der Waals surface area contributed by atoms with Crippen molar-refractivity contribution < 1.29 is 27.9 Å². The van der Waals surface area contributed by atoms with Gasteiger partial charge < -0.3 is 10.0 Å². The molecule has 39 heavy (non-hydrogen) atoms. The number of hydrogen-bond acceptors (Lipinski definition) is 4. The van der Waals surface area contributed by atoms with Crippen molar-refractivity contribution in [1.29, 1.82) is 0 Å². The highest BCUT2D eigenvalue weighted by Gasteiger charge is 2.43. The number of benzene rings is 2. The normalized spacial score (nSPS) is 20.6. The molecule has 1 atom stereocenters. The van der Waals surface area contributed by atoms with E-state index in [1.807, 2.05) is 44.2 Å². The first-order chi connectivity index (χ1) is 18.6. The van der Waals surface area contributed by atoms with Crippen molar-refractivity contribution in [2.75, 3.05) is 6.54 Å². The lowest BCUT2D eigenvalue weighted by Gasteiger charge is -2.35. The maximum absolute atomic E-state index is 13.3. The van der Waals surface area contributed by atoms with Crippen molar-refractivity contribution in [2.24, 2.45) is 11.8 Å². The van der Waals surface area contributed by atoms with Gasteiger partial charge in [-0.1, -0.05) is 29.5 Å². The molecule has 1 aliphatic heterocycles. The fourth-order valence-corrected chi connectivity index (χ4v) is 6.28. The molecular weight excluding hydrogens is 509 g/mol. The summed E-state index contributed by atoms with van der Waals surface area (Å²) in [5.41, 5.74) is 6.33. The summed E-state index contributed by atoms with van der Waals surface area (Å²) in [6.45, 7) is 5.51. The van der Waals surface area contributed by atoms with Gasteiger partial charge in [0.1, 0.15) is 5.52 Å². The van der Waals surface area contributed by atoms with Crippen molar-refractivity contribution in [2.45, 2.75) is 77.6 Å². The summed E-state index contributed by atoms with van der Waals surface area (Å²) in [6.07, 6.45) is -3.11. The zero-order valence-corrected chi connectivity index (χ0v) is 22.2. The number of carbonyl (C=O) groups excluding carboxylic acids is 1. The number of amides is 1. The maximum Gasteiger partial charge on any atom is 0.391 e. The molecule has 1 aromatic heterocycles. The highest BCUT2D eigenvalue weighted by Crippen LogP contribution is 2.41. The average molecular weight is 543 g/mol. The van der Waals surface area contributed by atoms with Gasteiger partial charge in [-0.15, -0.1) is 5.10 Å². The fraction of sp³-hybridized carbons (Fsp3) is 0.517. The molecule has 5 rings (SSSR count). The van der Waals surface area contributed by atoms with Gasteiger partial charge >= 0.3 is 12.1 Å². The lowest BCUT2D eigenvalue weighted by molar-refractivity contribution is -0.185. The van der Waals surface area contributed by atoms with Crippen LogP contribution in [0.4, 0.5) is 13.2 Å². The predicted octanol–water partition coefficient (Wildman–Crippen LogP) is 5.62. The molecule has 208 valence electrons. The van der Waals surface area contributed by atoms with Crippen LogP contribution in [0.1, 0.15) is 72.8 Å². The summed E-state index contributed by atoms with van der Waals surface area (Å²) < 4.78 is 41.0. The Kier molecular flexibility index (Phi) is 7.39. The van der Waals surface area contributed by atoms with Crippen LogP contribution in [0.15, 0.2) is 30.3 Å². The molecule has 0 radical (unpaired) electrons. The number of carbonyl (C=O) groups is 2. The van der Waals surface area contributed by atoms with Gasteiger partial charge in [-0.3, -0.25) is 9.59 Å². The fourth-order valence-electron chi connectivity index (χ4n) is 6.28. The van der Waals surface area contributed by atoms with Gasteiger partial charge in [0.05, 0.1) is 17.9 Å². The van der Waals surface area contributed by atoms with Gasteiger partial charge in [0.15, 0.2) is 0 Å². The van der Waals surface area contributed by atoms with Crippen molar-refractivity contribution >= 4 is 22.9 Å². The molecule has 1 N–H and O–H groups in total. The van der Waals surface area contributed by atoms with E-state index in [2.05, 4.69) is 10.3 Å². The van der Waals surface area contributed by atoms with E-state index in [1.165, 1.54) is 0 Å². The van der Waals surface area contributed by atoms with E-state index < -0.39 is 24.0 Å². The third-order valence-corrected chi connectivity index (χ3v) is 8.53. The predicted molar refractivity (Wildman–Crippen MR) is 139 cm³/mol. The molecule has 3 aromatic rings. The lowest BCUT2D eigenvalue weighted by Crippen LogP contribution is -2.41. The monoisotopic (exact) mass is 542 g/mol. The Balaban J connectivity index is 1.39. The molecule has 2 aromatic carbocycles. The molecule has 0 saturated heterocycles. The van der Waals surface area contributed by atoms with Crippen molar-refractivity contribution in [3.8, 4) is 0 Å². The van der Waals surface area contributed by atoms with Crippen LogP contribution in [0.5, 0.6) is 0 Å². The van der Waals surface area contributed by atoms with Crippen LogP contribution >= 0.6 is 0 Å². The summed E-state index contributed by atoms with van der Waals surface area (Å²) in [5, 5.41) is 18.3. The summed E-state index contributed by atoms with van der Waals surface area (Å²) in [7, 11) is 0. The quantitative estimate of drug-likeness (QED) is 0.437. The Morgan fingerprint density at radius 2 is 1.85 bits per heavy atom. The standard InChI is InChI=1S/C29H33F3N4O3/c1-3-36-25-11-10-23(17(2)27(25)33-34-36)24(15-26(37)38)20-5-4-18-12-13-35(16-21(18)14-20)28(39)19-6-8-22(9-7-19)29(30,31)32/h4-5,10-11,14,19,22,24H,3,6-9,12-13,15-16H2,1-2H3,(H,37,38). The first-order valence-corrected chi connectivity index (χ1v) is 13.6. The Bertz CT molecular complexity index is 1390. The number of rotatable bonds is 6. The molecule has 0 spiro atoms. The third-order valence-electron chi connectivity index (χ3n) is 8.53. The molecule has 2 heterocycles. The van der Waals surface area contributed by atoms with Gasteiger partial charge in [-0.05, 0) is 79.8 Å². The zero-order valence-electron chi connectivity index (χ0n) is 22.2. The topological polar surface area (TPSA) is 88.3 Å². The lowest BCUT2D eigenvalue weighted by atomic mass is 9.80. The van der Waals surface area contributed by atoms with Crippen molar-refractivity contribution in [3.63, 3.8) is 0 Å². The van der Waals surface area contributed by atoms with Crippen LogP contribution in [0.3, 0.4) is 0 Å². The average Bonchev–Trinajstić information content (AvgIpc) is 3.35. The molecular formula is C29H33F3N4O3. The van der Waals surface area contributed by atoms with Crippen LogP contribution < -0.4 is 0 Å². The van der Waals surface area contributed by atoms with Gasteiger partial charge in [-0.25, -0.2) is 4.68 Å². The number of alkyl halides is 3. The summed E-state index contributed by atoms with van der Waals surface area (Å²) in [4.78, 5) is 26.9. The van der Waals surface area contributed by atoms with Crippen LogP contribution in [0, 0.1) is 18.8 Å². The van der Waals surface area contributed by atoms with Crippen molar-refractivity contribution in [3.05, 3.63) is 58.1 Å². The second-order valence-electron chi connectivity index (χ2n) is 10.8. The number of halogens is 3. The third kappa shape index (κ3) is 5.38. The Hall–Kier alpha value is -3.43. The highest BCUT2D eigenvalue weighted by molar-refractivity contribution is 5.81. The van der Waals surface area contributed by atoms with Crippen LogP contribution in [-0.4, -0.2) is 49.6 Å². The minimum absolute atomic E-state index is 0.00105. The molecule has 1 unspecified atom stereocenters. The first kappa shape index (κ1) is 27.1. The molecule has 7 nitrogen and oxygen atoms in total.